The summed E-state index contributed by atoms with van der Waals surface area (Å²) in [7, 11) is -3.36. The summed E-state index contributed by atoms with van der Waals surface area (Å²) in [5, 5.41) is 11.0. The first-order valence-electron chi connectivity index (χ1n) is 6.20. The van der Waals surface area contributed by atoms with Crippen molar-refractivity contribution < 1.29 is 13.5 Å². The first kappa shape index (κ1) is 13.1. The second-order valence-corrected chi connectivity index (χ2v) is 6.97. The number of aliphatic hydroxyl groups is 1. The van der Waals surface area contributed by atoms with Gasteiger partial charge in [-0.1, -0.05) is 18.2 Å². The fourth-order valence-electron chi connectivity index (χ4n) is 2.64. The van der Waals surface area contributed by atoms with Gasteiger partial charge in [0.05, 0.1) is 10.6 Å². The molecule has 1 unspecified atom stereocenters. The summed E-state index contributed by atoms with van der Waals surface area (Å²) in [5.74, 6) is -0.116. The molecule has 0 radical (unpaired) electrons. The summed E-state index contributed by atoms with van der Waals surface area (Å²) in [6.07, 6.45) is 3.10. The van der Waals surface area contributed by atoms with Crippen LogP contribution in [0.25, 0.3) is 0 Å². The minimum Gasteiger partial charge on any atom is -0.398 e. The molecule has 6 heteroatoms. The predicted octanol–water partition coefficient (Wildman–Crippen LogP) is 1.08. The van der Waals surface area contributed by atoms with Crippen LogP contribution in [-0.4, -0.2) is 24.3 Å². The monoisotopic (exact) mass is 290 g/mol. The maximum absolute atomic E-state index is 12.1. The van der Waals surface area contributed by atoms with Crippen LogP contribution < -0.4 is 5.73 Å². The number of benzene rings is 1. The van der Waals surface area contributed by atoms with Gasteiger partial charge in [-0.3, -0.25) is 4.98 Å². The Labute approximate surface area is 117 Å². The van der Waals surface area contributed by atoms with Gasteiger partial charge in [0.25, 0.3) is 0 Å². The lowest BCUT2D eigenvalue weighted by Crippen LogP contribution is -2.37. The maximum Gasteiger partial charge on any atom is 0.178 e. The molecule has 1 aromatic carbocycles. The Hall–Kier alpha value is -1.92. The van der Waals surface area contributed by atoms with E-state index in [9.17, 15) is 13.5 Å². The van der Waals surface area contributed by atoms with E-state index in [1.54, 1.807) is 24.3 Å². The summed E-state index contributed by atoms with van der Waals surface area (Å²) >= 11 is 0. The van der Waals surface area contributed by atoms with Crippen LogP contribution in [0.15, 0.2) is 47.6 Å². The largest absolute Gasteiger partial charge is 0.398 e. The highest BCUT2D eigenvalue weighted by molar-refractivity contribution is 7.91. The SMILES string of the molecule is Nc1ccncc1C1(O)CCS(=O)(=O)c2ccccc21. The van der Waals surface area contributed by atoms with Crippen molar-refractivity contribution >= 4 is 15.5 Å². The van der Waals surface area contributed by atoms with Gasteiger partial charge in [-0.15, -0.1) is 0 Å². The summed E-state index contributed by atoms with van der Waals surface area (Å²) in [5.41, 5.74) is 5.71. The van der Waals surface area contributed by atoms with Crippen LogP contribution in [0.5, 0.6) is 0 Å². The van der Waals surface area contributed by atoms with Crippen LogP contribution in [0.2, 0.25) is 0 Å². The van der Waals surface area contributed by atoms with Crippen molar-refractivity contribution in [1.29, 1.82) is 0 Å². The number of hydrogen-bond acceptors (Lipinski definition) is 5. The molecule has 20 heavy (non-hydrogen) atoms. The Kier molecular flexibility index (Phi) is 2.81. The van der Waals surface area contributed by atoms with E-state index in [4.69, 9.17) is 5.73 Å². The number of fused-ring (bicyclic) bond motifs is 1. The van der Waals surface area contributed by atoms with E-state index in [2.05, 4.69) is 4.98 Å². The Morgan fingerprint density at radius 2 is 1.95 bits per heavy atom. The highest BCUT2D eigenvalue weighted by atomic mass is 32.2. The number of nitrogens with two attached hydrogens (primary N) is 1. The molecule has 1 aliphatic rings. The lowest BCUT2D eigenvalue weighted by molar-refractivity contribution is 0.0722. The number of anilines is 1. The first-order valence-corrected chi connectivity index (χ1v) is 7.85. The van der Waals surface area contributed by atoms with Crippen LogP contribution in [0.3, 0.4) is 0 Å². The number of nitrogen functional groups attached to an aromatic ring is 1. The molecule has 3 rings (SSSR count). The molecule has 1 aromatic heterocycles. The maximum atomic E-state index is 12.1. The quantitative estimate of drug-likeness (QED) is 0.819. The predicted molar refractivity (Wildman–Crippen MR) is 74.8 cm³/mol. The van der Waals surface area contributed by atoms with Crippen molar-refractivity contribution in [2.24, 2.45) is 0 Å². The summed E-state index contributed by atoms with van der Waals surface area (Å²) in [6, 6.07) is 8.09. The van der Waals surface area contributed by atoms with Gasteiger partial charge in [0.2, 0.25) is 0 Å². The lowest BCUT2D eigenvalue weighted by Gasteiger charge is -2.35. The van der Waals surface area contributed by atoms with Gasteiger partial charge < -0.3 is 10.8 Å². The fraction of sp³-hybridized carbons (Fsp3) is 0.214. The summed E-state index contributed by atoms with van der Waals surface area (Å²) in [4.78, 5) is 4.15. The van der Waals surface area contributed by atoms with Crippen LogP contribution in [-0.2, 0) is 15.4 Å². The number of sulfone groups is 1. The van der Waals surface area contributed by atoms with Crippen molar-refractivity contribution in [2.45, 2.75) is 16.9 Å². The number of hydrogen-bond donors (Lipinski definition) is 2. The third-order valence-corrected chi connectivity index (χ3v) is 5.47. The third kappa shape index (κ3) is 1.80. The molecule has 104 valence electrons. The smallest absolute Gasteiger partial charge is 0.178 e. The van der Waals surface area contributed by atoms with Crippen molar-refractivity contribution in [3.63, 3.8) is 0 Å². The van der Waals surface area contributed by atoms with Crippen molar-refractivity contribution in [2.75, 3.05) is 11.5 Å². The zero-order chi connectivity index (χ0) is 14.4. The molecular weight excluding hydrogens is 276 g/mol. The molecule has 3 N–H and O–H groups in total. The van der Waals surface area contributed by atoms with Gasteiger partial charge in [0.1, 0.15) is 5.60 Å². The van der Waals surface area contributed by atoms with Crippen LogP contribution in [0.1, 0.15) is 17.5 Å². The Morgan fingerprint density at radius 1 is 1.20 bits per heavy atom. The molecular formula is C14H14N2O3S. The second kappa shape index (κ2) is 4.29. The van der Waals surface area contributed by atoms with Gasteiger partial charge in [0.15, 0.2) is 9.84 Å². The van der Waals surface area contributed by atoms with Gasteiger partial charge >= 0.3 is 0 Å². The van der Waals surface area contributed by atoms with Gasteiger partial charge in [0, 0.05) is 29.2 Å². The molecule has 1 atom stereocenters. The standard InChI is InChI=1S/C14H14N2O3S/c15-12-5-7-16-9-11(12)14(17)6-8-20(18,19)13-4-2-1-3-10(13)14/h1-5,7,9,17H,6,8H2,(H2,15,16). The van der Waals surface area contributed by atoms with E-state index in [0.717, 1.165) is 0 Å². The summed E-state index contributed by atoms with van der Waals surface area (Å²) < 4.78 is 24.2. The summed E-state index contributed by atoms with van der Waals surface area (Å²) in [6.45, 7) is 0. The van der Waals surface area contributed by atoms with E-state index in [0.29, 0.717) is 16.8 Å². The minimum atomic E-state index is -3.36. The number of pyridine rings is 1. The number of aromatic nitrogens is 1. The number of nitrogens with zero attached hydrogens (tertiary/aromatic N) is 1. The van der Waals surface area contributed by atoms with Gasteiger partial charge in [-0.25, -0.2) is 8.42 Å². The van der Waals surface area contributed by atoms with E-state index < -0.39 is 15.4 Å². The first-order chi connectivity index (χ1) is 9.45. The molecule has 2 aromatic rings. The van der Waals surface area contributed by atoms with Crippen molar-refractivity contribution in [3.8, 4) is 0 Å². The number of rotatable bonds is 1. The van der Waals surface area contributed by atoms with Gasteiger partial charge in [-0.05, 0) is 18.6 Å². The van der Waals surface area contributed by atoms with Crippen LogP contribution in [0, 0.1) is 0 Å². The Morgan fingerprint density at radius 3 is 2.70 bits per heavy atom. The van der Waals surface area contributed by atoms with Crippen molar-refractivity contribution in [3.05, 3.63) is 53.9 Å². The lowest BCUT2D eigenvalue weighted by atomic mass is 9.84. The topological polar surface area (TPSA) is 93.3 Å². The molecule has 1 aliphatic heterocycles. The molecule has 0 aliphatic carbocycles. The highest BCUT2D eigenvalue weighted by Crippen LogP contribution is 2.42. The third-order valence-electron chi connectivity index (χ3n) is 3.70. The van der Waals surface area contributed by atoms with E-state index in [1.807, 2.05) is 0 Å². The zero-order valence-corrected chi connectivity index (χ0v) is 11.5. The van der Waals surface area contributed by atoms with Crippen molar-refractivity contribution in [1.82, 2.24) is 4.98 Å². The zero-order valence-electron chi connectivity index (χ0n) is 10.7. The molecule has 0 fully saturated rings. The van der Waals surface area contributed by atoms with E-state index >= 15 is 0 Å². The average molecular weight is 290 g/mol. The average Bonchev–Trinajstić information content (AvgIpc) is 2.44. The Balaban J connectivity index is 2.29. The molecule has 0 spiro atoms. The van der Waals surface area contributed by atoms with Crippen LogP contribution in [0.4, 0.5) is 5.69 Å². The second-order valence-electron chi connectivity index (χ2n) is 4.89. The van der Waals surface area contributed by atoms with Gasteiger partial charge in [-0.2, -0.15) is 0 Å². The fourth-order valence-corrected chi connectivity index (χ4v) is 4.28. The van der Waals surface area contributed by atoms with E-state index in [1.165, 1.54) is 18.5 Å². The normalized spacial score (nSPS) is 24.1. The molecule has 0 amide bonds. The molecule has 2 heterocycles. The highest BCUT2D eigenvalue weighted by Gasteiger charge is 2.42. The molecule has 0 saturated heterocycles. The minimum absolute atomic E-state index is 0.0717. The molecule has 5 nitrogen and oxygen atoms in total. The molecule has 0 saturated carbocycles. The van der Waals surface area contributed by atoms with E-state index in [-0.39, 0.29) is 17.1 Å². The Bertz CT molecular complexity index is 773. The van der Waals surface area contributed by atoms with Crippen LogP contribution >= 0.6 is 0 Å². The molecule has 0 bridgehead atoms.